The average molecular weight is 448 g/mol. The third kappa shape index (κ3) is 3.68. The molecular formula is C19H17IN2O3. The van der Waals surface area contributed by atoms with Gasteiger partial charge in [-0.25, -0.2) is 0 Å². The van der Waals surface area contributed by atoms with Crippen molar-refractivity contribution in [3.8, 4) is 5.75 Å². The smallest absolute Gasteiger partial charge is 0.261 e. The Morgan fingerprint density at radius 3 is 2.60 bits per heavy atom. The van der Waals surface area contributed by atoms with E-state index in [2.05, 4.69) is 27.9 Å². The number of carbonyl (C=O) groups is 1. The maximum Gasteiger partial charge on any atom is 0.261 e. The van der Waals surface area contributed by atoms with Crippen LogP contribution in [0.5, 0.6) is 5.75 Å². The van der Waals surface area contributed by atoms with Crippen LogP contribution in [0.1, 0.15) is 17.3 Å². The fraction of sp³-hybridized carbons (Fsp3) is 0.158. The number of ether oxygens (including phenoxy) is 1. The Morgan fingerprint density at radius 2 is 1.92 bits per heavy atom. The second kappa shape index (κ2) is 7.26. The molecule has 25 heavy (non-hydrogen) atoms. The van der Waals surface area contributed by atoms with Crippen LogP contribution in [0.25, 0.3) is 10.9 Å². The van der Waals surface area contributed by atoms with Gasteiger partial charge in [0.2, 0.25) is 5.43 Å². The van der Waals surface area contributed by atoms with Crippen molar-refractivity contribution in [1.82, 2.24) is 4.57 Å². The number of hydrogen-bond donors (Lipinski definition) is 1. The Morgan fingerprint density at radius 1 is 1.20 bits per heavy atom. The minimum Gasteiger partial charge on any atom is -0.494 e. The fourth-order valence-corrected chi connectivity index (χ4v) is 2.98. The Balaban J connectivity index is 2.03. The molecule has 0 radical (unpaired) electrons. The van der Waals surface area contributed by atoms with E-state index in [0.717, 1.165) is 9.09 Å². The van der Waals surface area contributed by atoms with Gasteiger partial charge in [-0.3, -0.25) is 9.59 Å². The zero-order chi connectivity index (χ0) is 18.0. The number of rotatable bonds is 4. The van der Waals surface area contributed by atoms with E-state index in [-0.39, 0.29) is 11.0 Å². The molecule has 3 aromatic rings. The molecule has 0 aliphatic heterocycles. The first kappa shape index (κ1) is 17.5. The topological polar surface area (TPSA) is 60.3 Å². The number of halogens is 1. The summed E-state index contributed by atoms with van der Waals surface area (Å²) in [4.78, 5) is 25.4. The Bertz CT molecular complexity index is 994. The molecule has 0 spiro atoms. The number of anilines is 1. The number of pyridine rings is 1. The normalized spacial score (nSPS) is 10.7. The number of nitrogens with one attached hydrogen (secondary N) is 1. The Hall–Kier alpha value is -2.35. The molecule has 1 heterocycles. The van der Waals surface area contributed by atoms with E-state index in [4.69, 9.17) is 4.74 Å². The summed E-state index contributed by atoms with van der Waals surface area (Å²) >= 11 is 2.19. The highest BCUT2D eigenvalue weighted by molar-refractivity contribution is 14.1. The maximum atomic E-state index is 12.8. The summed E-state index contributed by atoms with van der Waals surface area (Å²) < 4.78 is 8.31. The van der Waals surface area contributed by atoms with Crippen molar-refractivity contribution in [2.75, 3.05) is 11.9 Å². The number of fused-ring (bicyclic) bond motifs is 1. The molecule has 6 heteroatoms. The molecule has 1 aromatic heterocycles. The molecule has 2 aromatic carbocycles. The van der Waals surface area contributed by atoms with Crippen molar-refractivity contribution in [1.29, 1.82) is 0 Å². The van der Waals surface area contributed by atoms with Crippen LogP contribution in [0.15, 0.2) is 53.5 Å². The molecule has 0 fully saturated rings. The number of hydrogen-bond acceptors (Lipinski definition) is 3. The first-order valence-electron chi connectivity index (χ1n) is 7.82. The summed E-state index contributed by atoms with van der Waals surface area (Å²) in [5.41, 5.74) is 1.19. The molecule has 0 saturated heterocycles. The molecule has 128 valence electrons. The molecule has 0 bridgehead atoms. The predicted molar refractivity (Wildman–Crippen MR) is 107 cm³/mol. The minimum atomic E-state index is -0.425. The van der Waals surface area contributed by atoms with Gasteiger partial charge in [-0.2, -0.15) is 0 Å². The van der Waals surface area contributed by atoms with Crippen molar-refractivity contribution in [3.05, 3.63) is 68.0 Å². The predicted octanol–water partition coefficient (Wildman–Crippen LogP) is 3.79. The molecule has 0 atom stereocenters. The van der Waals surface area contributed by atoms with Crippen LogP contribution in [0, 0.1) is 3.57 Å². The van der Waals surface area contributed by atoms with Crippen LogP contribution in [0.3, 0.4) is 0 Å². The Labute approximate surface area is 158 Å². The molecule has 3 rings (SSSR count). The number of benzene rings is 2. The summed E-state index contributed by atoms with van der Waals surface area (Å²) in [6.45, 7) is 2.39. The van der Waals surface area contributed by atoms with Crippen LogP contribution >= 0.6 is 22.6 Å². The second-order valence-electron chi connectivity index (χ2n) is 5.56. The van der Waals surface area contributed by atoms with Gasteiger partial charge in [0.25, 0.3) is 5.91 Å². The van der Waals surface area contributed by atoms with Crippen LogP contribution in [0.2, 0.25) is 0 Å². The van der Waals surface area contributed by atoms with Gasteiger partial charge in [0.15, 0.2) is 0 Å². The van der Waals surface area contributed by atoms with Gasteiger partial charge in [-0.15, -0.1) is 0 Å². The second-order valence-corrected chi connectivity index (χ2v) is 6.80. The van der Waals surface area contributed by atoms with Gasteiger partial charge < -0.3 is 14.6 Å². The highest BCUT2D eigenvalue weighted by atomic mass is 127. The van der Waals surface area contributed by atoms with Gasteiger partial charge in [-0.1, -0.05) is 0 Å². The lowest BCUT2D eigenvalue weighted by Crippen LogP contribution is -2.23. The summed E-state index contributed by atoms with van der Waals surface area (Å²) in [6.07, 6.45) is 1.56. The molecule has 0 saturated carbocycles. The van der Waals surface area contributed by atoms with Crippen molar-refractivity contribution in [3.63, 3.8) is 0 Å². The van der Waals surface area contributed by atoms with E-state index in [1.165, 1.54) is 0 Å². The van der Waals surface area contributed by atoms with E-state index in [9.17, 15) is 9.59 Å². The van der Waals surface area contributed by atoms with Gasteiger partial charge in [0.1, 0.15) is 11.3 Å². The number of carbonyl (C=O) groups excluding carboxylic acids is 1. The van der Waals surface area contributed by atoms with Crippen LogP contribution in [-0.4, -0.2) is 17.1 Å². The number of aromatic nitrogens is 1. The standard InChI is InChI=1S/C19H17IN2O3/c1-3-25-14-8-9-17-15(10-14)18(23)16(11-22(17)2)19(24)21-13-6-4-12(20)5-7-13/h4-11H,3H2,1-2H3,(H,21,24). The van der Waals surface area contributed by atoms with E-state index < -0.39 is 5.91 Å². The van der Waals surface area contributed by atoms with Gasteiger partial charge in [0, 0.05) is 22.5 Å². The van der Waals surface area contributed by atoms with E-state index >= 15 is 0 Å². The first-order chi connectivity index (χ1) is 12.0. The van der Waals surface area contributed by atoms with E-state index in [1.54, 1.807) is 29.0 Å². The zero-order valence-electron chi connectivity index (χ0n) is 13.9. The molecule has 1 N–H and O–H groups in total. The summed E-state index contributed by atoms with van der Waals surface area (Å²) in [5, 5.41) is 3.23. The molecule has 0 aliphatic rings. The molecule has 5 nitrogen and oxygen atoms in total. The average Bonchev–Trinajstić information content (AvgIpc) is 2.60. The molecule has 0 unspecified atom stereocenters. The zero-order valence-corrected chi connectivity index (χ0v) is 16.0. The first-order valence-corrected chi connectivity index (χ1v) is 8.90. The van der Waals surface area contributed by atoms with Gasteiger partial charge in [0.05, 0.1) is 17.5 Å². The highest BCUT2D eigenvalue weighted by Gasteiger charge is 2.15. The van der Waals surface area contributed by atoms with Crippen LogP contribution in [0.4, 0.5) is 5.69 Å². The molecule has 0 aliphatic carbocycles. The van der Waals surface area contributed by atoms with E-state index in [0.29, 0.717) is 23.4 Å². The number of nitrogens with zero attached hydrogens (tertiary/aromatic N) is 1. The third-order valence-electron chi connectivity index (χ3n) is 3.82. The monoisotopic (exact) mass is 448 g/mol. The van der Waals surface area contributed by atoms with Crippen molar-refractivity contribution < 1.29 is 9.53 Å². The summed E-state index contributed by atoms with van der Waals surface area (Å²) in [6, 6.07) is 12.7. The Kier molecular flexibility index (Phi) is 5.08. The van der Waals surface area contributed by atoms with E-state index in [1.807, 2.05) is 38.2 Å². The van der Waals surface area contributed by atoms with Crippen LogP contribution < -0.4 is 15.5 Å². The van der Waals surface area contributed by atoms with Gasteiger partial charge >= 0.3 is 0 Å². The summed E-state index contributed by atoms with van der Waals surface area (Å²) in [5.74, 6) is 0.188. The van der Waals surface area contributed by atoms with Crippen molar-refractivity contribution >= 4 is 45.1 Å². The minimum absolute atomic E-state index is 0.0993. The number of aryl methyl sites for hydroxylation is 1. The number of amides is 1. The quantitative estimate of drug-likeness (QED) is 0.618. The fourth-order valence-electron chi connectivity index (χ4n) is 2.62. The third-order valence-corrected chi connectivity index (χ3v) is 4.54. The lowest BCUT2D eigenvalue weighted by atomic mass is 10.1. The largest absolute Gasteiger partial charge is 0.494 e. The highest BCUT2D eigenvalue weighted by Crippen LogP contribution is 2.19. The SMILES string of the molecule is CCOc1ccc2c(c1)c(=O)c(C(=O)Nc1ccc(I)cc1)cn2C. The maximum absolute atomic E-state index is 12.8. The molecule has 1 amide bonds. The van der Waals surface area contributed by atoms with Crippen molar-refractivity contribution in [2.45, 2.75) is 6.92 Å². The summed E-state index contributed by atoms with van der Waals surface area (Å²) in [7, 11) is 1.81. The van der Waals surface area contributed by atoms with Crippen molar-refractivity contribution in [2.24, 2.45) is 7.05 Å². The van der Waals surface area contributed by atoms with Gasteiger partial charge in [-0.05, 0) is 72.0 Å². The van der Waals surface area contributed by atoms with Crippen LogP contribution in [-0.2, 0) is 7.05 Å². The molecular weight excluding hydrogens is 431 g/mol. The lowest BCUT2D eigenvalue weighted by Gasteiger charge is -2.11. The lowest BCUT2D eigenvalue weighted by molar-refractivity contribution is 0.102.